The second-order valence-electron chi connectivity index (χ2n) is 7.97. The third kappa shape index (κ3) is 5.13. The Morgan fingerprint density at radius 2 is 2.14 bits per heavy atom. The van der Waals surface area contributed by atoms with Crippen molar-refractivity contribution in [1.29, 1.82) is 0 Å². The molecule has 11 nitrogen and oxygen atoms in total. The number of H-pyrrole nitrogens is 1. The number of nitrogens with two attached hydrogens (primary N) is 1. The number of allylic oxidation sites excluding steroid dienone is 1. The SMILES string of the molecule is C=C(CCc1nnc2n(CCCCC)c3nc(Br)[nH]c3c(=O)n12)/N=C(\ON)c1cccc(OC)c1. The lowest BCUT2D eigenvalue weighted by Crippen LogP contribution is -2.21. The van der Waals surface area contributed by atoms with E-state index >= 15 is 0 Å². The lowest BCUT2D eigenvalue weighted by atomic mass is 10.2. The lowest BCUT2D eigenvalue weighted by Gasteiger charge is -2.09. The van der Waals surface area contributed by atoms with Gasteiger partial charge in [-0.1, -0.05) is 32.4 Å². The van der Waals surface area contributed by atoms with E-state index in [1.165, 1.54) is 4.40 Å². The summed E-state index contributed by atoms with van der Waals surface area (Å²) in [6.45, 7) is 6.84. The molecule has 0 spiro atoms. The smallest absolute Gasteiger partial charge is 0.286 e. The number of imidazole rings is 1. The Balaban J connectivity index is 1.62. The lowest BCUT2D eigenvalue weighted by molar-refractivity contribution is 0.321. The van der Waals surface area contributed by atoms with Crippen LogP contribution in [0.2, 0.25) is 0 Å². The highest BCUT2D eigenvalue weighted by molar-refractivity contribution is 9.10. The summed E-state index contributed by atoms with van der Waals surface area (Å²) in [5.74, 6) is 7.29. The van der Waals surface area contributed by atoms with Gasteiger partial charge in [-0.2, -0.15) is 5.90 Å². The van der Waals surface area contributed by atoms with Crippen LogP contribution < -0.4 is 16.2 Å². The van der Waals surface area contributed by atoms with E-state index in [-0.39, 0.29) is 11.5 Å². The number of fused-ring (bicyclic) bond motifs is 2. The number of aryl methyl sites for hydroxylation is 2. The fourth-order valence-corrected chi connectivity index (χ4v) is 4.20. The van der Waals surface area contributed by atoms with Gasteiger partial charge in [-0.05, 0) is 47.0 Å². The second-order valence-corrected chi connectivity index (χ2v) is 8.73. The maximum absolute atomic E-state index is 13.3. The number of hydrogen-bond donors (Lipinski definition) is 2. The van der Waals surface area contributed by atoms with E-state index in [1.54, 1.807) is 13.2 Å². The van der Waals surface area contributed by atoms with Gasteiger partial charge in [-0.3, -0.25) is 9.36 Å². The van der Waals surface area contributed by atoms with Crippen LogP contribution in [0.1, 0.15) is 44.0 Å². The summed E-state index contributed by atoms with van der Waals surface area (Å²) < 4.78 is 9.19. The molecule has 0 fully saturated rings. The van der Waals surface area contributed by atoms with Crippen LogP contribution in [0.15, 0.2) is 51.1 Å². The van der Waals surface area contributed by atoms with Gasteiger partial charge in [-0.15, -0.1) is 10.2 Å². The molecule has 3 heterocycles. The third-order valence-corrected chi connectivity index (χ3v) is 5.97. The first kappa shape index (κ1) is 24.6. The summed E-state index contributed by atoms with van der Waals surface area (Å²) in [4.78, 5) is 30.1. The molecule has 0 saturated carbocycles. The minimum absolute atomic E-state index is 0.210. The number of methoxy groups -OCH3 is 1. The van der Waals surface area contributed by atoms with Crippen LogP contribution in [-0.4, -0.2) is 42.1 Å². The van der Waals surface area contributed by atoms with Gasteiger partial charge in [0.2, 0.25) is 11.7 Å². The first-order valence-electron chi connectivity index (χ1n) is 11.3. The molecule has 1 aromatic carbocycles. The van der Waals surface area contributed by atoms with Gasteiger partial charge in [0.25, 0.3) is 5.56 Å². The van der Waals surface area contributed by atoms with Crippen LogP contribution in [-0.2, 0) is 17.8 Å². The number of aliphatic imine (C=N–C) groups is 1. The molecule has 0 aliphatic heterocycles. The highest BCUT2D eigenvalue weighted by Gasteiger charge is 2.19. The van der Waals surface area contributed by atoms with E-state index in [4.69, 9.17) is 15.5 Å². The Hall–Kier alpha value is -3.51. The van der Waals surface area contributed by atoms with Crippen LogP contribution in [0.4, 0.5) is 0 Å². The number of halogens is 1. The molecule has 4 aromatic rings. The van der Waals surface area contributed by atoms with Crippen LogP contribution in [0.5, 0.6) is 5.75 Å². The highest BCUT2D eigenvalue weighted by Crippen LogP contribution is 2.18. The maximum Gasteiger partial charge on any atom is 0.286 e. The molecule has 0 atom stereocenters. The normalized spacial score (nSPS) is 11.9. The average molecular weight is 543 g/mol. The van der Waals surface area contributed by atoms with Crippen molar-refractivity contribution in [3.63, 3.8) is 0 Å². The standard InChI is InChI=1S/C23H27BrN8O3/c1-4-5-6-12-31-19-18(27-22(24)28-19)21(33)32-17(29-30-23(31)32)11-10-14(2)26-20(35-25)15-8-7-9-16(13-15)34-3/h7-9,13H,2,4-6,10-12,25H2,1,3H3,(H,27,28)/b26-20-. The molecule has 0 aliphatic rings. The second kappa shape index (κ2) is 10.8. The minimum atomic E-state index is -0.253. The highest BCUT2D eigenvalue weighted by atomic mass is 79.9. The Kier molecular flexibility index (Phi) is 7.61. The van der Waals surface area contributed by atoms with Gasteiger partial charge in [-0.25, -0.2) is 14.4 Å². The van der Waals surface area contributed by atoms with E-state index < -0.39 is 0 Å². The average Bonchev–Trinajstić information content (AvgIpc) is 3.47. The van der Waals surface area contributed by atoms with Crippen molar-refractivity contribution in [3.05, 3.63) is 63.0 Å². The molecular weight excluding hydrogens is 516 g/mol. The van der Waals surface area contributed by atoms with E-state index in [0.29, 0.717) is 63.9 Å². The number of ether oxygens (including phenoxy) is 1. The monoisotopic (exact) mass is 542 g/mol. The number of nitrogens with one attached hydrogen (secondary N) is 1. The van der Waals surface area contributed by atoms with E-state index in [9.17, 15) is 4.79 Å². The van der Waals surface area contributed by atoms with Gasteiger partial charge in [0.15, 0.2) is 15.9 Å². The first-order valence-corrected chi connectivity index (χ1v) is 12.1. The van der Waals surface area contributed by atoms with E-state index in [0.717, 1.165) is 19.3 Å². The number of benzene rings is 1. The number of hydrogen-bond acceptors (Lipinski definition) is 8. The Morgan fingerprint density at radius 3 is 2.89 bits per heavy atom. The zero-order valence-electron chi connectivity index (χ0n) is 19.6. The summed E-state index contributed by atoms with van der Waals surface area (Å²) in [7, 11) is 1.58. The molecule has 0 unspecified atom stereocenters. The Bertz CT molecular complexity index is 1450. The van der Waals surface area contributed by atoms with Gasteiger partial charge >= 0.3 is 0 Å². The van der Waals surface area contributed by atoms with E-state index in [2.05, 4.69) is 54.6 Å². The van der Waals surface area contributed by atoms with Crippen molar-refractivity contribution in [1.82, 2.24) is 29.1 Å². The number of aromatic nitrogens is 6. The van der Waals surface area contributed by atoms with Crippen molar-refractivity contribution < 1.29 is 9.57 Å². The summed E-state index contributed by atoms with van der Waals surface area (Å²) in [6.07, 6.45) is 3.88. The molecule has 0 bridgehead atoms. The van der Waals surface area contributed by atoms with Crippen molar-refractivity contribution >= 4 is 38.8 Å². The number of unbranched alkanes of at least 4 members (excludes halogenated alkanes) is 2. The summed E-state index contributed by atoms with van der Waals surface area (Å²) in [5.41, 5.74) is 1.87. The molecule has 0 radical (unpaired) electrons. The first-order chi connectivity index (χ1) is 17.0. The molecule has 0 aliphatic carbocycles. The number of aromatic amines is 1. The van der Waals surface area contributed by atoms with Crippen LogP contribution in [0.25, 0.3) is 16.9 Å². The third-order valence-electron chi connectivity index (χ3n) is 5.59. The van der Waals surface area contributed by atoms with Gasteiger partial charge in [0, 0.05) is 24.2 Å². The summed E-state index contributed by atoms with van der Waals surface area (Å²) in [5, 5.41) is 8.62. The van der Waals surface area contributed by atoms with Crippen LogP contribution >= 0.6 is 15.9 Å². The topological polar surface area (TPSA) is 138 Å². The van der Waals surface area contributed by atoms with Crippen molar-refractivity contribution in [2.75, 3.05) is 7.11 Å². The molecule has 12 heteroatoms. The van der Waals surface area contributed by atoms with Crippen molar-refractivity contribution in [3.8, 4) is 5.75 Å². The quantitative estimate of drug-likeness (QED) is 0.103. The van der Waals surface area contributed by atoms with Crippen molar-refractivity contribution in [2.24, 2.45) is 10.9 Å². The molecule has 0 amide bonds. The fourth-order valence-electron chi connectivity index (χ4n) is 3.84. The van der Waals surface area contributed by atoms with E-state index in [1.807, 2.05) is 22.8 Å². The zero-order valence-corrected chi connectivity index (χ0v) is 21.2. The predicted octanol–water partition coefficient (Wildman–Crippen LogP) is 3.51. The summed E-state index contributed by atoms with van der Waals surface area (Å²) in [6, 6.07) is 7.20. The number of nitrogens with zero attached hydrogens (tertiary/aromatic N) is 6. The predicted molar refractivity (Wildman–Crippen MR) is 136 cm³/mol. The molecule has 4 rings (SSSR count). The van der Waals surface area contributed by atoms with Crippen molar-refractivity contribution in [2.45, 2.75) is 45.6 Å². The summed E-state index contributed by atoms with van der Waals surface area (Å²) >= 11 is 3.34. The van der Waals surface area contributed by atoms with Crippen LogP contribution in [0.3, 0.4) is 0 Å². The molecule has 0 saturated heterocycles. The molecular formula is C23H27BrN8O3. The molecule has 3 aromatic heterocycles. The molecule has 35 heavy (non-hydrogen) atoms. The van der Waals surface area contributed by atoms with Crippen LogP contribution in [0, 0.1) is 0 Å². The fraction of sp³-hybridized carbons (Fsp3) is 0.348. The van der Waals surface area contributed by atoms with Gasteiger partial charge < -0.3 is 14.6 Å². The Morgan fingerprint density at radius 1 is 1.31 bits per heavy atom. The minimum Gasteiger partial charge on any atom is -0.497 e. The van der Waals surface area contributed by atoms with Gasteiger partial charge in [0.05, 0.1) is 7.11 Å². The maximum atomic E-state index is 13.3. The largest absolute Gasteiger partial charge is 0.497 e. The zero-order chi connectivity index (χ0) is 24.9. The van der Waals surface area contributed by atoms with Gasteiger partial charge in [0.1, 0.15) is 11.6 Å². The molecule has 3 N–H and O–H groups in total. The molecule has 184 valence electrons. The Labute approximate surface area is 209 Å². The number of rotatable bonds is 10.